The monoisotopic (exact) mass is 490 g/mol. The van der Waals surface area contributed by atoms with Crippen LogP contribution in [0.3, 0.4) is 0 Å². The van der Waals surface area contributed by atoms with Gasteiger partial charge in [0, 0.05) is 20.1 Å². The van der Waals surface area contributed by atoms with E-state index in [2.05, 4.69) is 28.5 Å². The smallest absolute Gasteiger partial charge is 0.372 e. The van der Waals surface area contributed by atoms with Crippen LogP contribution < -0.4 is 21.0 Å². The highest BCUT2D eigenvalue weighted by molar-refractivity contribution is 8.17. The van der Waals surface area contributed by atoms with E-state index in [9.17, 15) is 13.2 Å². The molecule has 0 atom stereocenters. The van der Waals surface area contributed by atoms with Gasteiger partial charge in [-0.15, -0.1) is 0 Å². The van der Waals surface area contributed by atoms with Crippen LogP contribution in [0.2, 0.25) is 0 Å². The molecule has 0 radical (unpaired) electrons. The molecule has 1 aromatic rings. The second kappa shape index (κ2) is 10.9. The van der Waals surface area contributed by atoms with Crippen molar-refractivity contribution in [3.8, 4) is 0 Å². The molecular formula is C24H29F3N6S. The van der Waals surface area contributed by atoms with Gasteiger partial charge in [-0.1, -0.05) is 50.1 Å². The number of hydrogen-bond acceptors (Lipinski definition) is 7. The summed E-state index contributed by atoms with van der Waals surface area (Å²) in [5.41, 5.74) is 1.06. The zero-order valence-electron chi connectivity index (χ0n) is 19.3. The number of nitrogens with two attached hydrogens (primary N) is 1. The quantitative estimate of drug-likeness (QED) is 0.237. The van der Waals surface area contributed by atoms with Gasteiger partial charge in [-0.05, 0) is 43.0 Å². The molecule has 2 heterocycles. The molecule has 1 aliphatic heterocycles. The van der Waals surface area contributed by atoms with Crippen LogP contribution in [0.15, 0.2) is 71.1 Å². The third kappa shape index (κ3) is 6.05. The summed E-state index contributed by atoms with van der Waals surface area (Å²) in [4.78, 5) is 8.82. The Morgan fingerprint density at radius 1 is 1.29 bits per heavy atom. The van der Waals surface area contributed by atoms with E-state index in [0.717, 1.165) is 35.8 Å². The lowest BCUT2D eigenvalue weighted by Gasteiger charge is -2.28. The highest BCUT2D eigenvalue weighted by atomic mass is 32.2. The van der Waals surface area contributed by atoms with Crippen molar-refractivity contribution in [2.24, 2.45) is 10.9 Å². The summed E-state index contributed by atoms with van der Waals surface area (Å²) in [7, 11) is 1.97. The van der Waals surface area contributed by atoms with E-state index in [1.807, 2.05) is 24.9 Å². The number of fused-ring (bicyclic) bond motifs is 1. The maximum Gasteiger partial charge on any atom is 0.416 e. The molecule has 0 fully saturated rings. The van der Waals surface area contributed by atoms with E-state index in [0.29, 0.717) is 47.3 Å². The Kier molecular flexibility index (Phi) is 8.14. The van der Waals surface area contributed by atoms with E-state index < -0.39 is 11.7 Å². The molecule has 0 bridgehead atoms. The van der Waals surface area contributed by atoms with Gasteiger partial charge in [-0.3, -0.25) is 0 Å². The summed E-state index contributed by atoms with van der Waals surface area (Å²) in [6, 6.07) is 3.65. The lowest BCUT2D eigenvalue weighted by molar-refractivity contribution is -0.0881. The largest absolute Gasteiger partial charge is 0.416 e. The normalized spacial score (nSPS) is 16.8. The molecule has 0 saturated heterocycles. The molecule has 1 aromatic heterocycles. The van der Waals surface area contributed by atoms with Gasteiger partial charge in [0.1, 0.15) is 5.82 Å². The minimum absolute atomic E-state index is 0.390. The molecule has 0 spiro atoms. The number of rotatable bonds is 6. The molecule has 2 aliphatic rings. The van der Waals surface area contributed by atoms with Crippen LogP contribution in [0.5, 0.6) is 0 Å². The number of anilines is 2. The molecule has 182 valence electrons. The standard InChI is InChI=1S/C24H29F3N6S/c1-5-22(31-28)34-17(3)29-16(2)33-14-8-13-32(4)21-12-11-20(30-23(21)33)18-9-6-7-10-19(15-18)24(25,26)27/h7,9-12,15,29H,2-3,5-6,8,13-14,28H2,1,4H3/b31-22-. The van der Waals surface area contributed by atoms with Crippen molar-refractivity contribution in [3.63, 3.8) is 0 Å². The fraction of sp³-hybridized carbons (Fsp3) is 0.333. The average molecular weight is 491 g/mol. The van der Waals surface area contributed by atoms with Crippen molar-refractivity contribution in [2.75, 3.05) is 29.9 Å². The molecule has 3 rings (SSSR count). The molecule has 0 saturated carbocycles. The van der Waals surface area contributed by atoms with Gasteiger partial charge in [0.15, 0.2) is 5.82 Å². The first-order valence-corrected chi connectivity index (χ1v) is 11.7. The van der Waals surface area contributed by atoms with E-state index in [1.165, 1.54) is 17.8 Å². The molecule has 6 nitrogen and oxygen atoms in total. The molecule has 0 aromatic carbocycles. The number of pyridine rings is 1. The number of alkyl halides is 3. The number of nitrogens with one attached hydrogen (secondary N) is 1. The molecule has 34 heavy (non-hydrogen) atoms. The summed E-state index contributed by atoms with van der Waals surface area (Å²) < 4.78 is 40.2. The summed E-state index contributed by atoms with van der Waals surface area (Å²) >= 11 is 1.33. The Morgan fingerprint density at radius 2 is 2.06 bits per heavy atom. The molecule has 10 heteroatoms. The van der Waals surface area contributed by atoms with Gasteiger partial charge in [0.2, 0.25) is 0 Å². The first-order valence-electron chi connectivity index (χ1n) is 10.9. The Hall–Kier alpha value is -3.14. The Labute approximate surface area is 202 Å². The minimum atomic E-state index is -4.43. The van der Waals surface area contributed by atoms with Crippen molar-refractivity contribution in [1.82, 2.24) is 10.3 Å². The van der Waals surface area contributed by atoms with Crippen LogP contribution in [0.25, 0.3) is 5.57 Å². The number of thioether (sulfide) groups is 1. The zero-order valence-corrected chi connectivity index (χ0v) is 20.1. The molecule has 1 aliphatic carbocycles. The topological polar surface area (TPSA) is 69.8 Å². The van der Waals surface area contributed by atoms with Crippen molar-refractivity contribution in [1.29, 1.82) is 0 Å². The van der Waals surface area contributed by atoms with Crippen molar-refractivity contribution in [2.45, 2.75) is 32.4 Å². The highest BCUT2D eigenvalue weighted by Gasteiger charge is 2.32. The number of nitrogens with zero attached hydrogens (tertiary/aromatic N) is 4. The zero-order chi connectivity index (χ0) is 24.9. The van der Waals surface area contributed by atoms with E-state index in [4.69, 9.17) is 10.8 Å². The molecule has 0 unspecified atom stereocenters. The van der Waals surface area contributed by atoms with Crippen LogP contribution in [0.1, 0.15) is 31.9 Å². The maximum atomic E-state index is 13.4. The van der Waals surface area contributed by atoms with E-state index >= 15 is 0 Å². The number of aromatic nitrogens is 1. The van der Waals surface area contributed by atoms with Gasteiger partial charge >= 0.3 is 6.18 Å². The fourth-order valence-electron chi connectivity index (χ4n) is 3.66. The first-order chi connectivity index (χ1) is 16.1. The summed E-state index contributed by atoms with van der Waals surface area (Å²) in [5.74, 6) is 6.59. The molecular weight excluding hydrogens is 461 g/mol. The van der Waals surface area contributed by atoms with E-state index in [1.54, 1.807) is 12.1 Å². The van der Waals surface area contributed by atoms with Crippen LogP contribution in [-0.4, -0.2) is 36.3 Å². The van der Waals surface area contributed by atoms with Crippen LogP contribution in [0.4, 0.5) is 24.7 Å². The average Bonchev–Trinajstić information content (AvgIpc) is 3.14. The number of hydrogen-bond donors (Lipinski definition) is 2. The fourth-order valence-corrected chi connectivity index (χ4v) is 4.31. The van der Waals surface area contributed by atoms with Crippen molar-refractivity contribution in [3.05, 3.63) is 71.7 Å². The SMILES string of the molecule is C=C(NC(=C)N1CCCN(C)c2ccc(C3=CCC=CC(C(F)(F)F)=C3)nc21)S/C(CC)=N\N. The third-order valence-corrected chi connectivity index (χ3v) is 6.38. The number of allylic oxidation sites excluding steroid dienone is 6. The second-order valence-electron chi connectivity index (χ2n) is 7.83. The van der Waals surface area contributed by atoms with E-state index in [-0.39, 0.29) is 0 Å². The highest BCUT2D eigenvalue weighted by Crippen LogP contribution is 2.36. The Balaban J connectivity index is 1.95. The minimum Gasteiger partial charge on any atom is -0.372 e. The van der Waals surface area contributed by atoms with Gasteiger partial charge in [-0.25, -0.2) is 4.98 Å². The Bertz CT molecular complexity index is 1070. The van der Waals surface area contributed by atoms with Crippen molar-refractivity contribution < 1.29 is 13.2 Å². The van der Waals surface area contributed by atoms with Gasteiger partial charge < -0.3 is 21.0 Å². The van der Waals surface area contributed by atoms with Crippen molar-refractivity contribution >= 4 is 33.9 Å². The molecule has 0 amide bonds. The Morgan fingerprint density at radius 3 is 2.74 bits per heavy atom. The lowest BCUT2D eigenvalue weighted by atomic mass is 10.1. The summed E-state index contributed by atoms with van der Waals surface area (Å²) in [5, 5.41) is 8.27. The number of hydrazone groups is 1. The number of halogens is 3. The van der Waals surface area contributed by atoms with Gasteiger partial charge in [0.25, 0.3) is 0 Å². The summed E-state index contributed by atoms with van der Waals surface area (Å²) in [6.45, 7) is 11.6. The van der Waals surface area contributed by atoms with Crippen LogP contribution >= 0.6 is 11.8 Å². The third-order valence-electron chi connectivity index (χ3n) is 5.40. The van der Waals surface area contributed by atoms with Gasteiger partial charge in [-0.2, -0.15) is 18.3 Å². The predicted octanol–water partition coefficient (Wildman–Crippen LogP) is 5.51. The van der Waals surface area contributed by atoms with Crippen LogP contribution in [-0.2, 0) is 0 Å². The first kappa shape index (κ1) is 25.5. The maximum absolute atomic E-state index is 13.4. The predicted molar refractivity (Wildman–Crippen MR) is 136 cm³/mol. The summed E-state index contributed by atoms with van der Waals surface area (Å²) in [6.07, 6.45) is 2.98. The lowest BCUT2D eigenvalue weighted by Crippen LogP contribution is -2.31. The second-order valence-corrected chi connectivity index (χ2v) is 9.00. The van der Waals surface area contributed by atoms with Gasteiger partial charge in [0.05, 0.1) is 27.0 Å². The molecule has 3 N–H and O–H groups in total. The van der Waals surface area contributed by atoms with Crippen LogP contribution in [0, 0.1) is 0 Å².